The summed E-state index contributed by atoms with van der Waals surface area (Å²) in [6.07, 6.45) is 0. The molecule has 0 N–H and O–H groups in total. The summed E-state index contributed by atoms with van der Waals surface area (Å²) in [5.74, 6) is -0.326. The maximum atomic E-state index is 11.9. The van der Waals surface area contributed by atoms with Crippen LogP contribution < -0.4 is 0 Å². The molecule has 1 heterocycles. The quantitative estimate of drug-likeness (QED) is 0.439. The number of benzene rings is 3. The highest BCUT2D eigenvalue weighted by Crippen LogP contribution is 2.38. The average Bonchev–Trinajstić information content (AvgIpc) is 3.08. The molecular weight excluding hydrogens is 342 g/mol. The first-order valence-corrected chi connectivity index (χ1v) is 9.13. The van der Waals surface area contributed by atoms with Crippen molar-refractivity contribution < 1.29 is 9.53 Å². The number of rotatable bonds is 3. The summed E-state index contributed by atoms with van der Waals surface area (Å²) in [6.45, 7) is 2.03. The molecule has 4 heteroatoms. The van der Waals surface area contributed by atoms with Crippen molar-refractivity contribution in [3.05, 3.63) is 78.0 Å². The number of esters is 1. The van der Waals surface area contributed by atoms with Crippen LogP contribution in [0.4, 0.5) is 0 Å². The molecule has 0 saturated heterocycles. The maximum absolute atomic E-state index is 11.9. The molecule has 0 fully saturated rings. The minimum Gasteiger partial charge on any atom is -0.465 e. The molecule has 0 atom stereocenters. The Morgan fingerprint density at radius 1 is 1.00 bits per heavy atom. The van der Waals surface area contributed by atoms with Crippen LogP contribution in [0.5, 0.6) is 0 Å². The summed E-state index contributed by atoms with van der Waals surface area (Å²) in [5.41, 5.74) is 3.75. The van der Waals surface area contributed by atoms with Gasteiger partial charge in [0.05, 0.1) is 23.2 Å². The van der Waals surface area contributed by atoms with Crippen LogP contribution in [0.1, 0.15) is 16.1 Å². The molecule has 4 rings (SSSR count). The van der Waals surface area contributed by atoms with E-state index in [0.29, 0.717) is 5.56 Å². The number of hydrogen-bond donors (Lipinski definition) is 0. The van der Waals surface area contributed by atoms with Crippen molar-refractivity contribution in [1.29, 1.82) is 0 Å². The SMILES string of the molecule is COC(=O)c1ccc2cccc(-c3sc(-c4ccccc4)nc3C)c2c1. The molecule has 0 aliphatic heterocycles. The van der Waals surface area contributed by atoms with E-state index in [1.807, 2.05) is 49.4 Å². The van der Waals surface area contributed by atoms with Gasteiger partial charge in [-0.05, 0) is 29.8 Å². The number of carbonyl (C=O) groups excluding carboxylic acids is 1. The van der Waals surface area contributed by atoms with E-state index in [0.717, 1.165) is 37.5 Å². The summed E-state index contributed by atoms with van der Waals surface area (Å²) in [7, 11) is 1.40. The van der Waals surface area contributed by atoms with E-state index in [2.05, 4.69) is 18.2 Å². The highest BCUT2D eigenvalue weighted by molar-refractivity contribution is 7.18. The third kappa shape index (κ3) is 2.89. The van der Waals surface area contributed by atoms with Crippen molar-refractivity contribution in [3.8, 4) is 21.0 Å². The van der Waals surface area contributed by atoms with Crippen molar-refractivity contribution in [2.24, 2.45) is 0 Å². The Hall–Kier alpha value is -2.98. The molecule has 0 amide bonds. The van der Waals surface area contributed by atoms with Crippen LogP contribution in [0.2, 0.25) is 0 Å². The Bertz CT molecular complexity index is 1100. The molecule has 3 aromatic carbocycles. The van der Waals surface area contributed by atoms with Gasteiger partial charge in [0.15, 0.2) is 0 Å². The van der Waals surface area contributed by atoms with E-state index in [1.165, 1.54) is 7.11 Å². The summed E-state index contributed by atoms with van der Waals surface area (Å²) in [4.78, 5) is 17.8. The monoisotopic (exact) mass is 359 g/mol. The first-order valence-electron chi connectivity index (χ1n) is 8.31. The molecule has 0 aliphatic rings. The summed E-state index contributed by atoms with van der Waals surface area (Å²) in [5, 5.41) is 3.12. The Labute approximate surface area is 155 Å². The number of thiazole rings is 1. The third-order valence-corrected chi connectivity index (χ3v) is 5.60. The van der Waals surface area contributed by atoms with Crippen molar-refractivity contribution >= 4 is 28.1 Å². The zero-order chi connectivity index (χ0) is 18.1. The maximum Gasteiger partial charge on any atom is 0.337 e. The predicted molar refractivity (Wildman–Crippen MR) is 107 cm³/mol. The predicted octanol–water partition coefficient (Wildman–Crippen LogP) is 5.73. The van der Waals surface area contributed by atoms with Crippen molar-refractivity contribution in [2.45, 2.75) is 6.92 Å². The molecule has 4 aromatic rings. The van der Waals surface area contributed by atoms with E-state index < -0.39 is 0 Å². The topological polar surface area (TPSA) is 39.2 Å². The van der Waals surface area contributed by atoms with Gasteiger partial charge in [-0.25, -0.2) is 9.78 Å². The number of aryl methyl sites for hydroxylation is 1. The largest absolute Gasteiger partial charge is 0.465 e. The number of carbonyl (C=O) groups is 1. The van der Waals surface area contributed by atoms with E-state index >= 15 is 0 Å². The lowest BCUT2D eigenvalue weighted by Crippen LogP contribution is -2.00. The fraction of sp³-hybridized carbons (Fsp3) is 0.0909. The standard InChI is InChI=1S/C22H17NO2S/c1-14-20(26-21(23-14)16-7-4-3-5-8-16)18-10-6-9-15-11-12-17(13-19(15)18)22(24)25-2/h3-13H,1-2H3. The number of fused-ring (bicyclic) bond motifs is 1. The molecule has 0 radical (unpaired) electrons. The highest BCUT2D eigenvalue weighted by Gasteiger charge is 2.15. The lowest BCUT2D eigenvalue weighted by molar-refractivity contribution is 0.0601. The van der Waals surface area contributed by atoms with Gasteiger partial charge in [-0.3, -0.25) is 0 Å². The third-order valence-electron chi connectivity index (χ3n) is 4.37. The summed E-state index contributed by atoms with van der Waals surface area (Å²) >= 11 is 1.67. The molecule has 0 saturated carbocycles. The average molecular weight is 359 g/mol. The normalized spacial score (nSPS) is 10.8. The Kier molecular flexibility index (Phi) is 4.27. The van der Waals surface area contributed by atoms with E-state index in [4.69, 9.17) is 9.72 Å². The van der Waals surface area contributed by atoms with E-state index in [9.17, 15) is 4.79 Å². The second kappa shape index (κ2) is 6.73. The van der Waals surface area contributed by atoms with Gasteiger partial charge in [-0.2, -0.15) is 0 Å². The van der Waals surface area contributed by atoms with Crippen LogP contribution in [0.15, 0.2) is 66.7 Å². The fourth-order valence-electron chi connectivity index (χ4n) is 3.07. The van der Waals surface area contributed by atoms with Gasteiger partial charge < -0.3 is 4.74 Å². The summed E-state index contributed by atoms with van der Waals surface area (Å²) < 4.78 is 4.87. The molecule has 1 aromatic heterocycles. The number of ether oxygens (including phenoxy) is 1. The number of aromatic nitrogens is 1. The molecule has 0 unspecified atom stereocenters. The molecule has 128 valence electrons. The van der Waals surface area contributed by atoms with Crippen LogP contribution in [-0.2, 0) is 4.74 Å². The lowest BCUT2D eigenvalue weighted by Gasteiger charge is -2.07. The highest BCUT2D eigenvalue weighted by atomic mass is 32.1. The minimum absolute atomic E-state index is 0.326. The molecule has 0 spiro atoms. The fourth-order valence-corrected chi connectivity index (χ4v) is 4.18. The van der Waals surface area contributed by atoms with Gasteiger partial charge in [-0.1, -0.05) is 54.6 Å². The smallest absolute Gasteiger partial charge is 0.337 e. The van der Waals surface area contributed by atoms with Crippen LogP contribution in [0.3, 0.4) is 0 Å². The molecule has 26 heavy (non-hydrogen) atoms. The van der Waals surface area contributed by atoms with Crippen molar-refractivity contribution in [2.75, 3.05) is 7.11 Å². The Balaban J connectivity index is 1.89. The first kappa shape index (κ1) is 16.5. The van der Waals surface area contributed by atoms with Gasteiger partial charge in [0.25, 0.3) is 0 Å². The second-order valence-corrected chi connectivity index (χ2v) is 7.03. The van der Waals surface area contributed by atoms with Gasteiger partial charge >= 0.3 is 5.97 Å². The van der Waals surface area contributed by atoms with E-state index in [1.54, 1.807) is 17.4 Å². The van der Waals surface area contributed by atoms with Gasteiger partial charge in [0.1, 0.15) is 5.01 Å². The molecule has 0 bridgehead atoms. The van der Waals surface area contributed by atoms with Gasteiger partial charge in [-0.15, -0.1) is 11.3 Å². The molecule has 3 nitrogen and oxygen atoms in total. The van der Waals surface area contributed by atoms with E-state index in [-0.39, 0.29) is 5.97 Å². The zero-order valence-electron chi connectivity index (χ0n) is 14.5. The van der Waals surface area contributed by atoms with Crippen LogP contribution in [-0.4, -0.2) is 18.1 Å². The minimum atomic E-state index is -0.326. The summed E-state index contributed by atoms with van der Waals surface area (Å²) in [6, 6.07) is 22.0. The number of methoxy groups -OCH3 is 1. The number of hydrogen-bond acceptors (Lipinski definition) is 4. The lowest BCUT2D eigenvalue weighted by atomic mass is 10.0. The zero-order valence-corrected chi connectivity index (χ0v) is 15.3. The van der Waals surface area contributed by atoms with Crippen molar-refractivity contribution in [1.82, 2.24) is 4.98 Å². The van der Waals surface area contributed by atoms with Crippen molar-refractivity contribution in [3.63, 3.8) is 0 Å². The van der Waals surface area contributed by atoms with Crippen LogP contribution in [0, 0.1) is 6.92 Å². The van der Waals surface area contributed by atoms with Gasteiger partial charge in [0.2, 0.25) is 0 Å². The second-order valence-electron chi connectivity index (χ2n) is 6.03. The van der Waals surface area contributed by atoms with Crippen LogP contribution in [0.25, 0.3) is 31.8 Å². The Morgan fingerprint density at radius 2 is 1.81 bits per heavy atom. The molecule has 0 aliphatic carbocycles. The van der Waals surface area contributed by atoms with Gasteiger partial charge in [0, 0.05) is 11.1 Å². The first-order chi connectivity index (χ1) is 12.7. The Morgan fingerprint density at radius 3 is 2.58 bits per heavy atom. The molecular formula is C22H17NO2S. The number of nitrogens with zero attached hydrogens (tertiary/aromatic N) is 1. The van der Waals surface area contributed by atoms with Crippen LogP contribution >= 0.6 is 11.3 Å².